The summed E-state index contributed by atoms with van der Waals surface area (Å²) in [6.07, 6.45) is 3.33. The van der Waals surface area contributed by atoms with Crippen LogP contribution in [0.15, 0.2) is 36.4 Å². The van der Waals surface area contributed by atoms with Crippen LogP contribution >= 0.6 is 24.0 Å². The molecular weight excluding hydrogens is 441 g/mol. The Balaban J connectivity index is 0.00000240. The average molecular weight is 463 g/mol. The van der Waals surface area contributed by atoms with E-state index in [1.807, 2.05) is 0 Å². The number of piperidine rings is 2. The number of benzene rings is 2. The van der Waals surface area contributed by atoms with Crippen LogP contribution in [0.5, 0.6) is 0 Å². The molecule has 0 amide bonds. The monoisotopic (exact) mass is 462 g/mol. The fourth-order valence-corrected chi connectivity index (χ4v) is 5.42. The molecule has 29 heavy (non-hydrogen) atoms. The van der Waals surface area contributed by atoms with Crippen molar-refractivity contribution in [2.45, 2.75) is 37.4 Å². The summed E-state index contributed by atoms with van der Waals surface area (Å²) in [7, 11) is -3.37. The van der Waals surface area contributed by atoms with E-state index in [4.69, 9.17) is 11.6 Å². The largest absolute Gasteiger partial charge is 0.309 e. The molecule has 2 heterocycles. The Morgan fingerprint density at radius 2 is 1.93 bits per heavy atom. The number of hydrogen-bond donors (Lipinski definition) is 2. The number of nitrogens with one attached hydrogen (secondary N) is 2. The Bertz CT molecular complexity index is 993. The third-order valence-electron chi connectivity index (χ3n) is 5.61. The quantitative estimate of drug-likeness (QED) is 0.707. The van der Waals surface area contributed by atoms with Crippen LogP contribution < -0.4 is 10.0 Å². The van der Waals surface area contributed by atoms with Gasteiger partial charge in [0.15, 0.2) is 0 Å². The summed E-state index contributed by atoms with van der Waals surface area (Å²) in [5.41, 5.74) is 1.10. The van der Waals surface area contributed by atoms with Crippen molar-refractivity contribution in [1.29, 1.82) is 0 Å². The third-order valence-corrected chi connectivity index (χ3v) is 6.53. The van der Waals surface area contributed by atoms with E-state index in [2.05, 4.69) is 10.0 Å². The van der Waals surface area contributed by atoms with Crippen LogP contribution in [0.4, 0.5) is 8.78 Å². The van der Waals surface area contributed by atoms with Gasteiger partial charge in [-0.05, 0) is 54.5 Å². The molecule has 1 saturated carbocycles. The fraction of sp³-hybridized carbons (Fsp3) is 0.400. The second-order valence-corrected chi connectivity index (χ2v) is 9.97. The molecule has 158 valence electrons. The highest BCUT2D eigenvalue weighted by atomic mass is 35.5. The molecule has 3 aliphatic rings. The number of fused-ring (bicyclic) bond motifs is 2. The normalized spacial score (nSPS) is 25.8. The van der Waals surface area contributed by atoms with Gasteiger partial charge in [-0.2, -0.15) is 0 Å². The summed E-state index contributed by atoms with van der Waals surface area (Å²) in [6.45, 7) is 0. The second kappa shape index (κ2) is 8.47. The van der Waals surface area contributed by atoms with E-state index in [0.717, 1.165) is 19.1 Å². The highest BCUT2D eigenvalue weighted by Gasteiger charge is 2.46. The summed E-state index contributed by atoms with van der Waals surface area (Å²) in [4.78, 5) is 0. The maximum atomic E-state index is 15.2. The van der Waals surface area contributed by atoms with Crippen LogP contribution in [0.1, 0.15) is 18.4 Å². The lowest BCUT2D eigenvalue weighted by molar-refractivity contribution is 0.0809. The fourth-order valence-electron chi connectivity index (χ4n) is 4.34. The van der Waals surface area contributed by atoms with Gasteiger partial charge in [-0.15, -0.1) is 12.4 Å². The van der Waals surface area contributed by atoms with Gasteiger partial charge in [0, 0.05) is 28.7 Å². The molecule has 0 unspecified atom stereocenters. The molecule has 0 spiro atoms. The van der Waals surface area contributed by atoms with Crippen molar-refractivity contribution in [3.05, 3.63) is 58.6 Å². The predicted molar refractivity (Wildman–Crippen MR) is 113 cm³/mol. The van der Waals surface area contributed by atoms with E-state index in [1.165, 1.54) is 18.2 Å². The molecule has 3 fully saturated rings. The van der Waals surface area contributed by atoms with Crippen LogP contribution in [-0.4, -0.2) is 32.8 Å². The summed E-state index contributed by atoms with van der Waals surface area (Å²) in [5, 5.41) is 3.63. The molecular formula is C20H22Cl2F2N2O2S. The molecule has 2 aromatic carbocycles. The van der Waals surface area contributed by atoms with Crippen molar-refractivity contribution < 1.29 is 17.2 Å². The Hall–Kier alpha value is -1.25. The van der Waals surface area contributed by atoms with Crippen molar-refractivity contribution in [3.63, 3.8) is 0 Å². The van der Waals surface area contributed by atoms with Crippen LogP contribution in [0, 0.1) is 17.6 Å². The lowest BCUT2D eigenvalue weighted by atomic mass is 9.68. The summed E-state index contributed by atoms with van der Waals surface area (Å²) < 4.78 is 55.2. The first kappa shape index (κ1) is 22.4. The molecule has 2 aliphatic heterocycles. The zero-order valence-corrected chi connectivity index (χ0v) is 18.1. The Morgan fingerprint density at radius 3 is 2.59 bits per heavy atom. The lowest BCUT2D eigenvalue weighted by Gasteiger charge is -2.52. The zero-order valence-electron chi connectivity index (χ0n) is 15.7. The first-order chi connectivity index (χ1) is 13.2. The van der Waals surface area contributed by atoms with Gasteiger partial charge in [-0.3, -0.25) is 0 Å². The zero-order chi connectivity index (χ0) is 20.1. The maximum absolute atomic E-state index is 15.2. The van der Waals surface area contributed by atoms with E-state index in [0.29, 0.717) is 23.6 Å². The van der Waals surface area contributed by atoms with Crippen molar-refractivity contribution >= 4 is 34.0 Å². The lowest BCUT2D eigenvalue weighted by Crippen LogP contribution is -2.67. The molecule has 5 rings (SSSR count). The standard InChI is InChI=1S/C20H21ClF2N2O2S.ClH/c1-28(26,27)25-20-13-7-16(8-13)24-18(20)9-11-3-2-4-17(19(11)23)12-5-14(21)10-15(22)6-12;/h2-6,10,13,16,18,20,24-25H,7-9H2,1H3;1H/t13?,16?,18-,20-;/m0./s1. The van der Waals surface area contributed by atoms with Gasteiger partial charge in [0.25, 0.3) is 0 Å². The number of rotatable bonds is 5. The summed E-state index contributed by atoms with van der Waals surface area (Å²) in [6, 6.07) is 8.80. The van der Waals surface area contributed by atoms with Gasteiger partial charge in [-0.25, -0.2) is 21.9 Å². The van der Waals surface area contributed by atoms with Crippen molar-refractivity contribution in [2.24, 2.45) is 5.92 Å². The van der Waals surface area contributed by atoms with Crippen molar-refractivity contribution in [1.82, 2.24) is 10.0 Å². The average Bonchev–Trinajstić information content (AvgIpc) is 2.54. The molecule has 2 aromatic rings. The minimum atomic E-state index is -3.37. The Morgan fingerprint density at radius 1 is 1.21 bits per heavy atom. The molecule has 2 atom stereocenters. The van der Waals surface area contributed by atoms with E-state index in [1.54, 1.807) is 18.2 Å². The van der Waals surface area contributed by atoms with Crippen LogP contribution in [0.25, 0.3) is 11.1 Å². The van der Waals surface area contributed by atoms with Gasteiger partial charge in [0.2, 0.25) is 10.0 Å². The van der Waals surface area contributed by atoms with Gasteiger partial charge in [0.1, 0.15) is 11.6 Å². The predicted octanol–water partition coefficient (Wildman–Crippen LogP) is 3.92. The number of hydrogen-bond acceptors (Lipinski definition) is 3. The van der Waals surface area contributed by atoms with Gasteiger partial charge in [0.05, 0.1) is 6.26 Å². The van der Waals surface area contributed by atoms with E-state index in [-0.39, 0.29) is 41.0 Å². The Kier molecular flexibility index (Phi) is 6.56. The highest BCUT2D eigenvalue weighted by Crippen LogP contribution is 2.38. The smallest absolute Gasteiger partial charge is 0.209 e. The van der Waals surface area contributed by atoms with E-state index >= 15 is 4.39 Å². The summed E-state index contributed by atoms with van der Waals surface area (Å²) in [5.74, 6) is -0.707. The number of halogens is 4. The molecule has 1 aliphatic carbocycles. The van der Waals surface area contributed by atoms with E-state index in [9.17, 15) is 12.8 Å². The first-order valence-electron chi connectivity index (χ1n) is 9.17. The van der Waals surface area contributed by atoms with Gasteiger partial charge in [-0.1, -0.05) is 29.8 Å². The topological polar surface area (TPSA) is 58.2 Å². The van der Waals surface area contributed by atoms with Crippen LogP contribution in [0.3, 0.4) is 0 Å². The molecule has 2 bridgehead atoms. The first-order valence-corrected chi connectivity index (χ1v) is 11.4. The van der Waals surface area contributed by atoms with Crippen molar-refractivity contribution in [2.75, 3.05) is 6.26 Å². The molecule has 4 nitrogen and oxygen atoms in total. The SMILES string of the molecule is CS(=O)(=O)N[C@H]1C2CC(C2)N[C@H]1Cc1cccc(-c2cc(F)cc(Cl)c2)c1F.Cl. The van der Waals surface area contributed by atoms with E-state index < -0.39 is 21.7 Å². The molecule has 2 N–H and O–H groups in total. The van der Waals surface area contributed by atoms with Crippen LogP contribution in [0.2, 0.25) is 5.02 Å². The van der Waals surface area contributed by atoms with Crippen LogP contribution in [-0.2, 0) is 16.4 Å². The minimum absolute atomic E-state index is 0. The molecule has 0 aromatic heterocycles. The van der Waals surface area contributed by atoms with Crippen molar-refractivity contribution in [3.8, 4) is 11.1 Å². The molecule has 2 saturated heterocycles. The highest BCUT2D eigenvalue weighted by molar-refractivity contribution is 7.88. The Labute approximate surface area is 180 Å². The van der Waals surface area contributed by atoms with Gasteiger partial charge >= 0.3 is 0 Å². The third kappa shape index (κ3) is 4.91. The van der Waals surface area contributed by atoms with Gasteiger partial charge < -0.3 is 5.32 Å². The maximum Gasteiger partial charge on any atom is 0.209 e. The molecule has 0 radical (unpaired) electrons. The minimum Gasteiger partial charge on any atom is -0.309 e. The number of sulfonamides is 1. The summed E-state index contributed by atoms with van der Waals surface area (Å²) >= 11 is 5.91. The second-order valence-electron chi connectivity index (χ2n) is 7.76. The molecule has 9 heteroatoms.